The van der Waals surface area contributed by atoms with E-state index in [1.165, 1.54) is 17.5 Å². The van der Waals surface area contributed by atoms with Gasteiger partial charge in [0.25, 0.3) is 5.91 Å². The smallest absolute Gasteiger partial charge is 0.277 e. The minimum atomic E-state index is -0.372. The Kier molecular flexibility index (Phi) is 4.11. The predicted molar refractivity (Wildman–Crippen MR) is 75.9 cm³/mol. The van der Waals surface area contributed by atoms with Crippen LogP contribution in [0.15, 0.2) is 11.6 Å². The van der Waals surface area contributed by atoms with E-state index in [2.05, 4.69) is 20.3 Å². The molecule has 1 amide bonds. The second kappa shape index (κ2) is 5.63. The molecule has 0 unspecified atom stereocenters. The van der Waals surface area contributed by atoms with Crippen molar-refractivity contribution in [2.45, 2.75) is 26.7 Å². The van der Waals surface area contributed by atoms with E-state index < -0.39 is 0 Å². The largest absolute Gasteiger partial charge is 0.296 e. The molecule has 0 saturated carbocycles. The third kappa shape index (κ3) is 3.27. The van der Waals surface area contributed by atoms with Gasteiger partial charge in [-0.05, 0) is 6.92 Å². The van der Waals surface area contributed by atoms with Gasteiger partial charge in [0.05, 0.1) is 16.9 Å². The zero-order chi connectivity index (χ0) is 14.0. The molecule has 0 radical (unpaired) electrons. The summed E-state index contributed by atoms with van der Waals surface area (Å²) in [6, 6.07) is 0. The van der Waals surface area contributed by atoms with Crippen LogP contribution in [-0.4, -0.2) is 20.9 Å². The zero-order valence-electron chi connectivity index (χ0n) is 10.8. The van der Waals surface area contributed by atoms with E-state index in [1.54, 1.807) is 0 Å². The maximum Gasteiger partial charge on any atom is 0.277 e. The molecule has 0 aliphatic rings. The van der Waals surface area contributed by atoms with Crippen LogP contribution >= 0.6 is 22.9 Å². The number of aryl methyl sites for hydroxylation is 1. The van der Waals surface area contributed by atoms with Gasteiger partial charge >= 0.3 is 0 Å². The quantitative estimate of drug-likeness (QED) is 0.944. The van der Waals surface area contributed by atoms with Crippen molar-refractivity contribution in [2.75, 3.05) is 5.32 Å². The molecule has 5 nitrogen and oxygen atoms in total. The van der Waals surface area contributed by atoms with E-state index >= 15 is 0 Å². The minimum Gasteiger partial charge on any atom is -0.296 e. The van der Waals surface area contributed by atoms with Gasteiger partial charge in [-0.2, -0.15) is 0 Å². The number of carbonyl (C=O) groups excluding carboxylic acids is 1. The second-order valence-electron chi connectivity index (χ2n) is 4.33. The molecular formula is C12H13ClN4OS. The Morgan fingerprint density at radius 3 is 2.74 bits per heavy atom. The van der Waals surface area contributed by atoms with Crippen LogP contribution in [0.1, 0.15) is 41.8 Å². The number of amides is 1. The van der Waals surface area contributed by atoms with Crippen molar-refractivity contribution in [1.29, 1.82) is 0 Å². The van der Waals surface area contributed by atoms with Gasteiger partial charge in [-0.25, -0.2) is 15.0 Å². The Balaban J connectivity index is 2.25. The molecule has 100 valence electrons. The summed E-state index contributed by atoms with van der Waals surface area (Å²) in [5.74, 6) is 0.347. The van der Waals surface area contributed by atoms with Crippen LogP contribution in [-0.2, 0) is 0 Å². The van der Waals surface area contributed by atoms with Crippen LogP contribution < -0.4 is 5.32 Å². The summed E-state index contributed by atoms with van der Waals surface area (Å²) >= 11 is 7.32. The molecular weight excluding hydrogens is 284 g/mol. The van der Waals surface area contributed by atoms with Crippen molar-refractivity contribution in [1.82, 2.24) is 15.0 Å². The number of carbonyl (C=O) groups is 1. The van der Waals surface area contributed by atoms with E-state index in [1.807, 2.05) is 26.2 Å². The lowest BCUT2D eigenvalue weighted by atomic mass is 10.2. The number of halogens is 1. The highest BCUT2D eigenvalue weighted by molar-refractivity contribution is 7.13. The third-order valence-corrected chi connectivity index (χ3v) is 3.49. The summed E-state index contributed by atoms with van der Waals surface area (Å²) in [6.07, 6.45) is 1.45. The van der Waals surface area contributed by atoms with Gasteiger partial charge in [0.2, 0.25) is 0 Å². The molecule has 0 spiro atoms. The molecule has 2 heterocycles. The Morgan fingerprint density at radius 2 is 2.16 bits per heavy atom. The Labute approximate surface area is 120 Å². The average molecular weight is 297 g/mol. The summed E-state index contributed by atoms with van der Waals surface area (Å²) in [4.78, 5) is 24.6. The van der Waals surface area contributed by atoms with Gasteiger partial charge in [-0.15, -0.1) is 11.3 Å². The Hall–Kier alpha value is -1.53. The predicted octanol–water partition coefficient (Wildman–Crippen LogP) is 3.27. The van der Waals surface area contributed by atoms with Crippen molar-refractivity contribution >= 4 is 34.0 Å². The van der Waals surface area contributed by atoms with Gasteiger partial charge in [0.15, 0.2) is 10.8 Å². The fraction of sp³-hybridized carbons (Fsp3) is 0.333. The highest BCUT2D eigenvalue weighted by Gasteiger charge is 2.16. The molecule has 0 aliphatic carbocycles. The van der Waals surface area contributed by atoms with Crippen LogP contribution in [0.4, 0.5) is 5.13 Å². The van der Waals surface area contributed by atoms with Crippen LogP contribution in [0.3, 0.4) is 0 Å². The molecule has 0 saturated heterocycles. The van der Waals surface area contributed by atoms with Crippen molar-refractivity contribution in [3.8, 4) is 0 Å². The molecule has 2 rings (SSSR count). The van der Waals surface area contributed by atoms with E-state index in [-0.39, 0.29) is 22.5 Å². The van der Waals surface area contributed by atoms with E-state index in [0.29, 0.717) is 11.0 Å². The van der Waals surface area contributed by atoms with Gasteiger partial charge in [-0.1, -0.05) is 25.4 Å². The van der Waals surface area contributed by atoms with Crippen LogP contribution in [0.25, 0.3) is 0 Å². The van der Waals surface area contributed by atoms with Gasteiger partial charge in [0, 0.05) is 11.3 Å². The first kappa shape index (κ1) is 13.9. The highest BCUT2D eigenvalue weighted by Crippen LogP contribution is 2.19. The number of aromatic nitrogens is 3. The minimum absolute atomic E-state index is 0.130. The molecule has 19 heavy (non-hydrogen) atoms. The highest BCUT2D eigenvalue weighted by atomic mass is 35.5. The van der Waals surface area contributed by atoms with Crippen LogP contribution in [0.2, 0.25) is 5.02 Å². The number of nitrogens with zero attached hydrogens (tertiary/aromatic N) is 3. The number of hydrogen-bond acceptors (Lipinski definition) is 5. The average Bonchev–Trinajstić information content (AvgIpc) is 2.74. The number of rotatable bonds is 3. The van der Waals surface area contributed by atoms with Crippen molar-refractivity contribution < 1.29 is 4.79 Å². The zero-order valence-corrected chi connectivity index (χ0v) is 12.3. The van der Waals surface area contributed by atoms with Crippen molar-refractivity contribution in [3.63, 3.8) is 0 Å². The molecule has 0 atom stereocenters. The first-order chi connectivity index (χ1) is 8.97. The third-order valence-electron chi connectivity index (χ3n) is 2.33. The molecule has 2 aromatic rings. The normalized spacial score (nSPS) is 10.8. The summed E-state index contributed by atoms with van der Waals surface area (Å²) in [6.45, 7) is 5.77. The maximum atomic E-state index is 12.1. The molecule has 0 bridgehead atoms. The summed E-state index contributed by atoms with van der Waals surface area (Å²) in [5, 5.41) is 5.30. The molecule has 7 heteroatoms. The monoisotopic (exact) mass is 296 g/mol. The lowest BCUT2D eigenvalue weighted by molar-refractivity contribution is 0.102. The van der Waals surface area contributed by atoms with Crippen molar-refractivity contribution in [2.24, 2.45) is 0 Å². The number of anilines is 1. The molecule has 0 aromatic carbocycles. The fourth-order valence-electron chi connectivity index (χ4n) is 1.39. The first-order valence-corrected chi connectivity index (χ1v) is 6.99. The molecule has 2 aromatic heterocycles. The molecule has 0 aliphatic heterocycles. The summed E-state index contributed by atoms with van der Waals surface area (Å²) in [7, 11) is 0. The van der Waals surface area contributed by atoms with E-state index in [0.717, 1.165) is 5.69 Å². The van der Waals surface area contributed by atoms with Gasteiger partial charge in [0.1, 0.15) is 5.82 Å². The second-order valence-corrected chi connectivity index (χ2v) is 5.59. The molecule has 0 fully saturated rings. The fourth-order valence-corrected chi connectivity index (χ4v) is 2.25. The van der Waals surface area contributed by atoms with Gasteiger partial charge in [-0.3, -0.25) is 10.1 Å². The van der Waals surface area contributed by atoms with Crippen LogP contribution in [0, 0.1) is 6.92 Å². The van der Waals surface area contributed by atoms with Crippen molar-refractivity contribution in [3.05, 3.63) is 33.8 Å². The maximum absolute atomic E-state index is 12.1. The van der Waals surface area contributed by atoms with Gasteiger partial charge < -0.3 is 0 Å². The lowest BCUT2D eigenvalue weighted by Gasteiger charge is -2.07. The number of nitrogens with one attached hydrogen (secondary N) is 1. The SMILES string of the molecule is Cc1csc(NC(=O)c2nc(C(C)C)ncc2Cl)n1. The van der Waals surface area contributed by atoms with Crippen LogP contribution in [0.5, 0.6) is 0 Å². The summed E-state index contributed by atoms with van der Waals surface area (Å²) in [5.41, 5.74) is 1.03. The topological polar surface area (TPSA) is 67.8 Å². The standard InChI is InChI=1S/C12H13ClN4OS/c1-6(2)10-14-4-8(13)9(16-10)11(18)17-12-15-7(3)5-19-12/h4-6H,1-3H3,(H,15,17,18). The Bertz CT molecular complexity index is 612. The summed E-state index contributed by atoms with van der Waals surface area (Å²) < 4.78 is 0. The number of hydrogen-bond donors (Lipinski definition) is 1. The Morgan fingerprint density at radius 1 is 1.42 bits per heavy atom. The first-order valence-electron chi connectivity index (χ1n) is 5.73. The van der Waals surface area contributed by atoms with E-state index in [4.69, 9.17) is 11.6 Å². The van der Waals surface area contributed by atoms with E-state index in [9.17, 15) is 4.79 Å². The lowest BCUT2D eigenvalue weighted by Crippen LogP contribution is -2.16. The molecule has 1 N–H and O–H groups in total. The number of thiazole rings is 1.